The molecule has 1 fully saturated rings. The molecule has 1 aliphatic heterocycles. The lowest BCUT2D eigenvalue weighted by Crippen LogP contribution is -2.49. The number of carbonyl (C=O) groups excluding carboxylic acids is 3. The lowest BCUT2D eigenvalue weighted by atomic mass is 9.95. The molecule has 15 nitrogen and oxygen atoms in total. The number of hydrogen-bond donors (Lipinski definition) is 3. The average Bonchev–Trinajstić information content (AvgIpc) is 3.42. The summed E-state index contributed by atoms with van der Waals surface area (Å²) >= 11 is 0. The van der Waals surface area contributed by atoms with E-state index in [1.807, 2.05) is 0 Å². The fourth-order valence-corrected chi connectivity index (χ4v) is 5.14. The lowest BCUT2D eigenvalue weighted by molar-refractivity contribution is -0.175. The molecule has 0 aliphatic carbocycles. The first-order valence-corrected chi connectivity index (χ1v) is 14.2. The zero-order chi connectivity index (χ0) is 30.0. The topological polar surface area (TPSA) is 203 Å². The smallest absolute Gasteiger partial charge is 0.403 e. The van der Waals surface area contributed by atoms with E-state index in [2.05, 4.69) is 19.9 Å². The summed E-state index contributed by atoms with van der Waals surface area (Å²) in [6.07, 6.45) is -2.32. The van der Waals surface area contributed by atoms with E-state index in [-0.39, 0.29) is 5.82 Å². The summed E-state index contributed by atoms with van der Waals surface area (Å²) in [6, 6.07) is 2.12. The van der Waals surface area contributed by atoms with Crippen molar-refractivity contribution in [1.82, 2.24) is 19.7 Å². The van der Waals surface area contributed by atoms with Gasteiger partial charge >= 0.3 is 25.7 Å². The maximum Gasteiger partial charge on any atom is 0.403 e. The van der Waals surface area contributed by atoms with Crippen LogP contribution in [0.5, 0.6) is 0 Å². The number of ether oxygens (including phenoxy) is 4. The second kappa shape index (κ2) is 12.2. The van der Waals surface area contributed by atoms with Gasteiger partial charge in [-0.1, -0.05) is 27.7 Å². The van der Waals surface area contributed by atoms with E-state index in [9.17, 15) is 23.8 Å². The van der Waals surface area contributed by atoms with Gasteiger partial charge in [0.25, 0.3) is 0 Å². The SMILES string of the molecule is COC(=O)[C@H](C)NP(=O)(O)OC[C@@]1(C)O[C@@H](c2ccc3c(N)ncnn23)[C@H](OC(=O)C(C)C)[C@@H]1OC(=O)C(C)C. The number of nitrogens with zero attached hydrogens (tertiary/aromatic N) is 3. The maximum absolute atomic E-state index is 12.8. The van der Waals surface area contributed by atoms with Gasteiger partial charge in [0.2, 0.25) is 0 Å². The number of anilines is 1. The normalized spacial score (nSPS) is 25.1. The van der Waals surface area contributed by atoms with Crippen molar-refractivity contribution in [2.24, 2.45) is 11.8 Å². The molecule has 0 saturated carbocycles. The van der Waals surface area contributed by atoms with Gasteiger partial charge in [0.15, 0.2) is 18.0 Å². The Morgan fingerprint density at radius 3 is 2.38 bits per heavy atom. The third kappa shape index (κ3) is 6.78. The first-order chi connectivity index (χ1) is 18.6. The molecule has 222 valence electrons. The Labute approximate surface area is 231 Å². The number of methoxy groups -OCH3 is 1. The van der Waals surface area contributed by atoms with Crippen molar-refractivity contribution < 1.29 is 47.3 Å². The number of carbonyl (C=O) groups is 3. The molecule has 16 heteroatoms. The molecule has 3 heterocycles. The number of hydrogen-bond acceptors (Lipinski definition) is 12. The minimum absolute atomic E-state index is 0.191. The van der Waals surface area contributed by atoms with Crippen molar-refractivity contribution >= 4 is 37.0 Å². The molecule has 0 bridgehead atoms. The molecule has 1 unspecified atom stereocenters. The molecular formula is C24H36N5O10P. The Hall–Kier alpha value is -3.10. The zero-order valence-corrected chi connectivity index (χ0v) is 24.3. The molecule has 0 radical (unpaired) electrons. The highest BCUT2D eigenvalue weighted by Crippen LogP contribution is 2.47. The van der Waals surface area contributed by atoms with Gasteiger partial charge in [0.1, 0.15) is 29.6 Å². The van der Waals surface area contributed by atoms with Crippen LogP contribution in [0.3, 0.4) is 0 Å². The number of nitrogens with one attached hydrogen (secondary N) is 1. The minimum Gasteiger partial charge on any atom is -0.468 e. The molecule has 0 aromatic carbocycles. The molecule has 1 saturated heterocycles. The second-order valence-corrected chi connectivity index (χ2v) is 11.8. The van der Waals surface area contributed by atoms with Crippen molar-refractivity contribution in [3.05, 3.63) is 24.2 Å². The van der Waals surface area contributed by atoms with Gasteiger partial charge in [-0.25, -0.2) is 19.2 Å². The van der Waals surface area contributed by atoms with Gasteiger partial charge in [-0.2, -0.15) is 5.10 Å². The first kappa shape index (κ1) is 31.4. The van der Waals surface area contributed by atoms with Crippen LogP contribution in [0.25, 0.3) is 5.52 Å². The highest BCUT2D eigenvalue weighted by Gasteiger charge is 2.59. The largest absolute Gasteiger partial charge is 0.468 e. The fourth-order valence-electron chi connectivity index (χ4n) is 4.04. The van der Waals surface area contributed by atoms with Crippen LogP contribution >= 0.6 is 7.75 Å². The summed E-state index contributed by atoms with van der Waals surface area (Å²) in [5.74, 6) is -2.90. The Morgan fingerprint density at radius 1 is 1.15 bits per heavy atom. The van der Waals surface area contributed by atoms with E-state index < -0.39 is 74.1 Å². The zero-order valence-electron chi connectivity index (χ0n) is 23.4. The second-order valence-electron chi connectivity index (χ2n) is 10.3. The third-order valence-electron chi connectivity index (χ3n) is 6.27. The van der Waals surface area contributed by atoms with E-state index in [1.165, 1.54) is 24.7 Å². The van der Waals surface area contributed by atoms with Crippen LogP contribution in [0.2, 0.25) is 0 Å². The van der Waals surface area contributed by atoms with Crippen molar-refractivity contribution in [2.45, 2.75) is 71.5 Å². The summed E-state index contributed by atoms with van der Waals surface area (Å²) in [4.78, 5) is 51.7. The molecule has 0 amide bonds. The summed E-state index contributed by atoms with van der Waals surface area (Å²) in [6.45, 7) is 8.73. The Kier molecular flexibility index (Phi) is 9.58. The summed E-state index contributed by atoms with van der Waals surface area (Å²) in [5, 5.41) is 6.41. The number of aromatic nitrogens is 3. The average molecular weight is 586 g/mol. The first-order valence-electron chi connectivity index (χ1n) is 12.6. The number of esters is 3. The molecule has 2 aromatic rings. The lowest BCUT2D eigenvalue weighted by Gasteiger charge is -2.32. The van der Waals surface area contributed by atoms with Crippen molar-refractivity contribution in [1.29, 1.82) is 0 Å². The number of rotatable bonds is 11. The number of nitrogens with two attached hydrogens (primary N) is 1. The van der Waals surface area contributed by atoms with Gasteiger partial charge in [0, 0.05) is 0 Å². The minimum atomic E-state index is -4.60. The van der Waals surface area contributed by atoms with Crippen molar-refractivity contribution in [2.75, 3.05) is 19.5 Å². The van der Waals surface area contributed by atoms with Gasteiger partial charge in [-0.15, -0.1) is 0 Å². The molecular weight excluding hydrogens is 549 g/mol. The molecule has 6 atom stereocenters. The molecule has 40 heavy (non-hydrogen) atoms. The Morgan fingerprint density at radius 2 is 1.77 bits per heavy atom. The van der Waals surface area contributed by atoms with Crippen molar-refractivity contribution in [3.63, 3.8) is 0 Å². The van der Waals surface area contributed by atoms with Crippen LogP contribution < -0.4 is 10.8 Å². The third-order valence-corrected chi connectivity index (χ3v) is 7.47. The molecule has 3 rings (SSSR count). The molecule has 4 N–H and O–H groups in total. The highest BCUT2D eigenvalue weighted by atomic mass is 31.2. The number of fused-ring (bicyclic) bond motifs is 1. The highest BCUT2D eigenvalue weighted by molar-refractivity contribution is 7.50. The van der Waals surface area contributed by atoms with Gasteiger partial charge in [-0.3, -0.25) is 18.9 Å². The Bertz CT molecular complexity index is 1300. The quantitative estimate of drug-likeness (QED) is 0.195. The summed E-state index contributed by atoms with van der Waals surface area (Å²) < 4.78 is 42.1. The van der Waals surface area contributed by atoms with Gasteiger partial charge in [0.05, 0.1) is 31.2 Å². The van der Waals surface area contributed by atoms with Crippen LogP contribution in [0, 0.1) is 11.8 Å². The molecule has 0 spiro atoms. The van der Waals surface area contributed by atoms with E-state index in [0.29, 0.717) is 11.2 Å². The van der Waals surface area contributed by atoms with E-state index in [4.69, 9.17) is 24.5 Å². The van der Waals surface area contributed by atoms with E-state index >= 15 is 0 Å². The summed E-state index contributed by atoms with van der Waals surface area (Å²) in [7, 11) is -3.47. The predicted molar refractivity (Wildman–Crippen MR) is 139 cm³/mol. The van der Waals surface area contributed by atoms with Crippen molar-refractivity contribution in [3.8, 4) is 0 Å². The van der Waals surface area contributed by atoms with Gasteiger partial charge in [-0.05, 0) is 26.0 Å². The van der Waals surface area contributed by atoms with Crippen LogP contribution in [0.4, 0.5) is 5.82 Å². The van der Waals surface area contributed by atoms with Gasteiger partial charge < -0.3 is 29.6 Å². The monoisotopic (exact) mass is 585 g/mol. The molecule has 1 aliphatic rings. The Balaban J connectivity index is 2.04. The molecule has 2 aromatic heterocycles. The van der Waals surface area contributed by atoms with E-state index in [0.717, 1.165) is 7.11 Å². The predicted octanol–water partition coefficient (Wildman–Crippen LogP) is 1.55. The summed E-state index contributed by atoms with van der Waals surface area (Å²) in [5.41, 5.74) is 5.22. The van der Waals surface area contributed by atoms with E-state index in [1.54, 1.807) is 39.8 Å². The standard InChI is InChI=1S/C24H36N5O10P/c1-12(2)21(30)37-18-17(15-8-9-16-20(25)26-11-27-29(15)16)39-24(6,19(18)38-22(31)13(3)4)10-36-40(33,34)28-14(5)23(32)35-7/h8-9,11-14,17-19H,10H2,1-7H3,(H2,25,26,27)(H2,28,33,34)/t14-,17-,18-,19-,24+/m0/s1. The van der Waals surface area contributed by atoms with Crippen LogP contribution in [-0.4, -0.2) is 75.0 Å². The van der Waals surface area contributed by atoms with Crippen LogP contribution in [-0.2, 0) is 42.4 Å². The maximum atomic E-state index is 12.8. The fraction of sp³-hybridized carbons (Fsp3) is 0.625. The van der Waals surface area contributed by atoms with Crippen LogP contribution in [0.1, 0.15) is 53.3 Å². The van der Waals surface area contributed by atoms with Crippen LogP contribution in [0.15, 0.2) is 18.5 Å². The number of nitrogen functional groups attached to an aromatic ring is 1.